The van der Waals surface area contributed by atoms with Crippen molar-refractivity contribution in [3.63, 3.8) is 0 Å². The second kappa shape index (κ2) is 13.2. The van der Waals surface area contributed by atoms with E-state index in [1.54, 1.807) is 6.92 Å². The van der Waals surface area contributed by atoms with E-state index in [0.717, 1.165) is 45.7 Å². The van der Waals surface area contributed by atoms with Gasteiger partial charge in [-0.05, 0) is 65.9 Å². The molecule has 3 atom stereocenters. The molecule has 3 amide bonds. The van der Waals surface area contributed by atoms with Crippen molar-refractivity contribution in [1.82, 2.24) is 4.57 Å². The minimum Gasteiger partial charge on any atom is -0.462 e. The molecule has 1 saturated heterocycles. The van der Waals surface area contributed by atoms with E-state index in [0.29, 0.717) is 15.5 Å². The molecule has 0 radical (unpaired) electrons. The number of alkyl halides is 3. The summed E-state index contributed by atoms with van der Waals surface area (Å²) in [5, 5.41) is 1.81. The summed E-state index contributed by atoms with van der Waals surface area (Å²) in [5.74, 6) is -3.87. The summed E-state index contributed by atoms with van der Waals surface area (Å²) in [6.07, 6.45) is -4.61. The molecule has 6 rings (SSSR count). The highest BCUT2D eigenvalue weighted by Gasteiger charge is 2.57. The molecule has 2 aliphatic rings. The third-order valence-corrected chi connectivity index (χ3v) is 11.2. The van der Waals surface area contributed by atoms with Crippen LogP contribution in [0.3, 0.4) is 0 Å². The van der Waals surface area contributed by atoms with Crippen molar-refractivity contribution in [1.29, 1.82) is 0 Å². The number of ether oxygens (including phenoxy) is 1. The van der Waals surface area contributed by atoms with E-state index in [1.165, 1.54) is 41.0 Å². The lowest BCUT2D eigenvalue weighted by molar-refractivity contribution is -0.137. The number of carbonyl (C=O) groups is 4. The molecule has 3 aromatic carbocycles. The molecule has 0 saturated carbocycles. The van der Waals surface area contributed by atoms with Gasteiger partial charge in [0.05, 0.1) is 34.4 Å². The lowest BCUT2D eigenvalue weighted by Crippen LogP contribution is -2.33. The number of hydrogen-bond acceptors (Lipinski definition) is 8. The first kappa shape index (κ1) is 35.1. The standard InChI is InChI=1S/C36H32F3N3O6S2/c1-5-48-33(46)20-11-15-24(16-12-20)42-30(44)27-26(19-9-13-21(14-10-19)35(2,3)4)29-32(49-28(27)31(42)45)41(34(47)50-29)18-25(43)40-23-8-6-7-22(17-23)36(37,38)39/h6-17,26-28H,5,18H2,1-4H3,(H,40,43). The molecular formula is C36H32F3N3O6S2. The van der Waals surface area contributed by atoms with Gasteiger partial charge in [0, 0.05) is 16.5 Å². The van der Waals surface area contributed by atoms with Crippen LogP contribution in [0.15, 0.2) is 82.6 Å². The minimum atomic E-state index is -4.61. The molecule has 3 unspecified atom stereocenters. The number of imide groups is 1. The van der Waals surface area contributed by atoms with E-state index in [9.17, 15) is 37.1 Å². The maximum atomic E-state index is 14.2. The third-order valence-electron chi connectivity index (χ3n) is 8.60. The lowest BCUT2D eigenvalue weighted by atomic mass is 9.81. The van der Waals surface area contributed by atoms with E-state index >= 15 is 0 Å². The molecule has 1 fully saturated rings. The zero-order chi connectivity index (χ0) is 36.1. The molecule has 0 aliphatic carbocycles. The summed E-state index contributed by atoms with van der Waals surface area (Å²) in [4.78, 5) is 68.2. The van der Waals surface area contributed by atoms with Crippen molar-refractivity contribution in [2.24, 2.45) is 5.92 Å². The summed E-state index contributed by atoms with van der Waals surface area (Å²) in [6, 6.07) is 17.8. The van der Waals surface area contributed by atoms with Crippen LogP contribution in [-0.4, -0.2) is 40.1 Å². The predicted octanol–water partition coefficient (Wildman–Crippen LogP) is 6.84. The number of thioether (sulfide) groups is 1. The van der Waals surface area contributed by atoms with Gasteiger partial charge in [-0.15, -0.1) is 0 Å². The molecule has 14 heteroatoms. The molecule has 260 valence electrons. The number of benzene rings is 3. The topological polar surface area (TPSA) is 115 Å². The fourth-order valence-electron chi connectivity index (χ4n) is 6.14. The first-order chi connectivity index (χ1) is 23.6. The Hall–Kier alpha value is -4.69. The highest BCUT2D eigenvalue weighted by Crippen LogP contribution is 2.54. The molecule has 2 aliphatic heterocycles. The van der Waals surface area contributed by atoms with Crippen molar-refractivity contribution in [2.75, 3.05) is 16.8 Å². The number of hydrogen-bond donors (Lipinski definition) is 1. The van der Waals surface area contributed by atoms with Gasteiger partial charge >= 0.3 is 17.0 Å². The van der Waals surface area contributed by atoms with Crippen molar-refractivity contribution in [3.8, 4) is 0 Å². The summed E-state index contributed by atoms with van der Waals surface area (Å²) >= 11 is 1.89. The highest BCUT2D eigenvalue weighted by molar-refractivity contribution is 8.00. The Bertz CT molecular complexity index is 2050. The quantitative estimate of drug-likeness (QED) is 0.164. The summed E-state index contributed by atoms with van der Waals surface area (Å²) < 4.78 is 46.0. The average Bonchev–Trinajstić information content (AvgIpc) is 3.50. The van der Waals surface area contributed by atoms with E-state index in [4.69, 9.17) is 4.74 Å². The van der Waals surface area contributed by atoms with Gasteiger partial charge in [0.2, 0.25) is 17.7 Å². The number of esters is 1. The van der Waals surface area contributed by atoms with Crippen LogP contribution in [0.5, 0.6) is 0 Å². The van der Waals surface area contributed by atoms with Gasteiger partial charge in [0.15, 0.2) is 0 Å². The molecule has 9 nitrogen and oxygen atoms in total. The molecule has 0 spiro atoms. The van der Waals surface area contributed by atoms with Crippen molar-refractivity contribution in [2.45, 2.75) is 62.0 Å². The first-order valence-corrected chi connectivity index (χ1v) is 17.4. The van der Waals surface area contributed by atoms with Gasteiger partial charge in [-0.25, -0.2) is 9.69 Å². The van der Waals surface area contributed by atoms with Gasteiger partial charge < -0.3 is 10.1 Å². The SMILES string of the molecule is CCOC(=O)c1ccc(N2C(=O)C3Sc4c(sc(=O)n4CC(=O)Nc4cccc(C(F)(F)F)c4)C(c4ccc(C(C)(C)C)cc4)C3C2=O)cc1. The number of nitrogens with zero attached hydrogens (tertiary/aromatic N) is 2. The maximum Gasteiger partial charge on any atom is 0.416 e. The Morgan fingerprint density at radius 3 is 2.20 bits per heavy atom. The van der Waals surface area contributed by atoms with Crippen LogP contribution >= 0.6 is 23.1 Å². The average molecular weight is 724 g/mol. The zero-order valence-corrected chi connectivity index (χ0v) is 29.0. The van der Waals surface area contributed by atoms with Gasteiger partial charge in [-0.3, -0.25) is 23.7 Å². The summed E-state index contributed by atoms with van der Waals surface area (Å²) in [6.45, 7) is 7.53. The number of carbonyl (C=O) groups excluding carboxylic acids is 4. The molecule has 3 heterocycles. The Morgan fingerprint density at radius 2 is 1.58 bits per heavy atom. The number of fused-ring (bicyclic) bond motifs is 2. The number of anilines is 2. The van der Waals surface area contributed by atoms with Gasteiger partial charge in [-0.1, -0.05) is 74.2 Å². The van der Waals surface area contributed by atoms with Crippen LogP contribution in [0.25, 0.3) is 0 Å². The van der Waals surface area contributed by atoms with Crippen molar-refractivity contribution >= 4 is 58.2 Å². The third kappa shape index (κ3) is 6.61. The van der Waals surface area contributed by atoms with Gasteiger partial charge in [0.25, 0.3) is 0 Å². The molecule has 50 heavy (non-hydrogen) atoms. The summed E-state index contributed by atoms with van der Waals surface area (Å²) in [7, 11) is 0. The number of halogens is 3. The molecule has 1 N–H and O–H groups in total. The molecule has 1 aromatic heterocycles. The molecule has 4 aromatic rings. The normalized spacial score (nSPS) is 18.9. The van der Waals surface area contributed by atoms with Crippen LogP contribution in [0, 0.1) is 5.92 Å². The first-order valence-electron chi connectivity index (χ1n) is 15.7. The van der Waals surface area contributed by atoms with Gasteiger partial charge in [0.1, 0.15) is 11.8 Å². The number of thiazole rings is 1. The predicted molar refractivity (Wildman–Crippen MR) is 184 cm³/mol. The molecule has 0 bridgehead atoms. The van der Waals surface area contributed by atoms with E-state index in [-0.39, 0.29) is 29.0 Å². The smallest absolute Gasteiger partial charge is 0.416 e. The van der Waals surface area contributed by atoms with Crippen LogP contribution in [0.4, 0.5) is 24.5 Å². The second-order valence-corrected chi connectivity index (χ2v) is 15.1. The molecular weight excluding hydrogens is 692 g/mol. The summed E-state index contributed by atoms with van der Waals surface area (Å²) in [5.41, 5.74) is 1.08. The fourth-order valence-corrected chi connectivity index (χ4v) is 8.91. The van der Waals surface area contributed by atoms with E-state index in [2.05, 4.69) is 26.1 Å². The number of aromatic nitrogens is 1. The number of rotatable bonds is 7. The fraction of sp³-hybridized carbons (Fsp3) is 0.306. The Morgan fingerprint density at radius 1 is 0.900 bits per heavy atom. The van der Waals surface area contributed by atoms with E-state index < -0.39 is 63.9 Å². The van der Waals surface area contributed by atoms with Crippen LogP contribution in [0.1, 0.15) is 65.5 Å². The zero-order valence-electron chi connectivity index (χ0n) is 27.4. The number of amides is 3. The Balaban J connectivity index is 1.37. The minimum absolute atomic E-state index is 0.0901. The van der Waals surface area contributed by atoms with Crippen molar-refractivity contribution < 1.29 is 37.1 Å². The second-order valence-electron chi connectivity index (χ2n) is 12.9. The van der Waals surface area contributed by atoms with Crippen LogP contribution < -0.4 is 15.1 Å². The van der Waals surface area contributed by atoms with Crippen LogP contribution in [0.2, 0.25) is 0 Å². The van der Waals surface area contributed by atoms with Gasteiger partial charge in [-0.2, -0.15) is 13.2 Å². The monoisotopic (exact) mass is 723 g/mol. The highest BCUT2D eigenvalue weighted by atomic mass is 32.2. The van der Waals surface area contributed by atoms with Crippen molar-refractivity contribution in [3.05, 3.63) is 110 Å². The number of nitrogens with one attached hydrogen (secondary N) is 1. The van der Waals surface area contributed by atoms with Crippen LogP contribution in [-0.2, 0) is 37.3 Å². The largest absolute Gasteiger partial charge is 0.462 e. The Kier molecular flexibility index (Phi) is 9.29. The lowest BCUT2D eigenvalue weighted by Gasteiger charge is -2.31. The maximum absolute atomic E-state index is 14.2. The van der Waals surface area contributed by atoms with E-state index in [1.807, 2.05) is 24.3 Å². The Labute approximate surface area is 293 Å².